The molecular weight excluding hydrogens is 248 g/mol. The molecule has 0 spiro atoms. The molecule has 0 aliphatic rings. The Labute approximate surface area is 110 Å². The number of hydrogen-bond acceptors (Lipinski definition) is 3. The van der Waals surface area contributed by atoms with Crippen molar-refractivity contribution in [2.24, 2.45) is 0 Å². The van der Waals surface area contributed by atoms with Crippen LogP contribution in [0.3, 0.4) is 0 Å². The van der Waals surface area contributed by atoms with E-state index in [-0.39, 0.29) is 18.2 Å². The summed E-state index contributed by atoms with van der Waals surface area (Å²) >= 11 is 0. The van der Waals surface area contributed by atoms with E-state index in [9.17, 15) is 14.4 Å². The highest BCUT2D eigenvalue weighted by Crippen LogP contribution is 2.09. The molecule has 0 aliphatic carbocycles. The second-order valence-corrected chi connectivity index (χ2v) is 4.01. The topological polar surface area (TPSA) is 95.5 Å². The van der Waals surface area contributed by atoms with Crippen LogP contribution in [-0.4, -0.2) is 29.4 Å². The Morgan fingerprint density at radius 2 is 1.79 bits per heavy atom. The van der Waals surface area contributed by atoms with Gasteiger partial charge in [0.1, 0.15) is 0 Å². The lowest BCUT2D eigenvalue weighted by atomic mass is 10.2. The normalized spacial score (nSPS) is 9.74. The van der Waals surface area contributed by atoms with E-state index in [0.29, 0.717) is 24.2 Å². The zero-order valence-electron chi connectivity index (χ0n) is 10.6. The standard InChI is InChI=1S/C13H16N2O4/c1-9(16)15-11-6-4-10(5-7-11)13(19)14-8-2-3-12(17)18/h4-7H,2-3,8H2,1H3,(H,14,19)(H,15,16)(H,17,18). The molecule has 2 amide bonds. The zero-order valence-corrected chi connectivity index (χ0v) is 10.6. The van der Waals surface area contributed by atoms with E-state index < -0.39 is 5.97 Å². The number of aliphatic carboxylic acids is 1. The molecule has 19 heavy (non-hydrogen) atoms. The fraction of sp³-hybridized carbons (Fsp3) is 0.308. The molecule has 0 aromatic heterocycles. The van der Waals surface area contributed by atoms with Crippen molar-refractivity contribution in [3.63, 3.8) is 0 Å². The van der Waals surface area contributed by atoms with E-state index in [0.717, 1.165) is 0 Å². The highest BCUT2D eigenvalue weighted by Gasteiger charge is 2.05. The molecule has 3 N–H and O–H groups in total. The fourth-order valence-electron chi connectivity index (χ4n) is 1.45. The van der Waals surface area contributed by atoms with Gasteiger partial charge < -0.3 is 15.7 Å². The van der Waals surface area contributed by atoms with Crippen molar-refractivity contribution in [3.8, 4) is 0 Å². The molecule has 0 atom stereocenters. The first-order valence-electron chi connectivity index (χ1n) is 5.86. The van der Waals surface area contributed by atoms with Crippen LogP contribution in [0.4, 0.5) is 5.69 Å². The summed E-state index contributed by atoms with van der Waals surface area (Å²) in [5.41, 5.74) is 1.08. The largest absolute Gasteiger partial charge is 0.481 e. The van der Waals surface area contributed by atoms with E-state index >= 15 is 0 Å². The van der Waals surface area contributed by atoms with Gasteiger partial charge in [-0.25, -0.2) is 0 Å². The average molecular weight is 264 g/mol. The Morgan fingerprint density at radius 3 is 2.32 bits per heavy atom. The molecule has 0 bridgehead atoms. The second kappa shape index (κ2) is 7.15. The van der Waals surface area contributed by atoms with Gasteiger partial charge >= 0.3 is 5.97 Å². The third kappa shape index (κ3) is 5.67. The first kappa shape index (κ1) is 14.7. The van der Waals surface area contributed by atoms with E-state index in [2.05, 4.69) is 10.6 Å². The minimum Gasteiger partial charge on any atom is -0.481 e. The fourth-order valence-corrected chi connectivity index (χ4v) is 1.45. The van der Waals surface area contributed by atoms with Crippen molar-refractivity contribution in [2.75, 3.05) is 11.9 Å². The minimum absolute atomic E-state index is 0.0295. The number of carbonyl (C=O) groups excluding carboxylic acids is 2. The number of carbonyl (C=O) groups is 3. The maximum absolute atomic E-state index is 11.7. The molecule has 0 unspecified atom stereocenters. The maximum atomic E-state index is 11.7. The first-order chi connectivity index (χ1) is 8.99. The lowest BCUT2D eigenvalue weighted by Gasteiger charge is -2.06. The summed E-state index contributed by atoms with van der Waals surface area (Å²) in [7, 11) is 0. The van der Waals surface area contributed by atoms with Gasteiger partial charge in [-0.05, 0) is 30.7 Å². The number of anilines is 1. The molecule has 0 radical (unpaired) electrons. The Balaban J connectivity index is 2.44. The summed E-state index contributed by atoms with van der Waals surface area (Å²) in [6.45, 7) is 1.72. The zero-order chi connectivity index (χ0) is 14.3. The summed E-state index contributed by atoms with van der Waals surface area (Å²) in [5.74, 6) is -1.32. The number of hydrogen-bond donors (Lipinski definition) is 3. The molecule has 0 aliphatic heterocycles. The molecule has 0 heterocycles. The lowest BCUT2D eigenvalue weighted by Crippen LogP contribution is -2.24. The summed E-state index contributed by atoms with van der Waals surface area (Å²) < 4.78 is 0. The number of benzene rings is 1. The van der Waals surface area contributed by atoms with Gasteiger partial charge in [0.05, 0.1) is 0 Å². The summed E-state index contributed by atoms with van der Waals surface area (Å²) in [6, 6.07) is 6.46. The molecule has 6 nitrogen and oxygen atoms in total. The van der Waals surface area contributed by atoms with Crippen molar-refractivity contribution in [1.29, 1.82) is 0 Å². The van der Waals surface area contributed by atoms with Gasteiger partial charge in [0.25, 0.3) is 5.91 Å². The Hall–Kier alpha value is -2.37. The van der Waals surface area contributed by atoms with Crippen molar-refractivity contribution in [3.05, 3.63) is 29.8 Å². The van der Waals surface area contributed by atoms with Crippen LogP contribution in [0.2, 0.25) is 0 Å². The molecule has 0 fully saturated rings. The molecule has 0 saturated heterocycles. The summed E-state index contributed by atoms with van der Waals surface area (Å²) in [4.78, 5) is 32.8. The van der Waals surface area contributed by atoms with Crippen LogP contribution in [0.15, 0.2) is 24.3 Å². The first-order valence-corrected chi connectivity index (χ1v) is 5.86. The summed E-state index contributed by atoms with van der Waals surface area (Å²) in [5, 5.41) is 13.7. The van der Waals surface area contributed by atoms with Gasteiger partial charge in [-0.1, -0.05) is 0 Å². The smallest absolute Gasteiger partial charge is 0.303 e. The molecule has 102 valence electrons. The molecule has 1 rings (SSSR count). The maximum Gasteiger partial charge on any atom is 0.303 e. The van der Waals surface area contributed by atoms with Crippen molar-refractivity contribution in [1.82, 2.24) is 5.32 Å². The van der Waals surface area contributed by atoms with Crippen LogP contribution in [0.5, 0.6) is 0 Å². The van der Waals surface area contributed by atoms with E-state index in [4.69, 9.17) is 5.11 Å². The van der Waals surface area contributed by atoms with Crippen LogP contribution < -0.4 is 10.6 Å². The van der Waals surface area contributed by atoms with Crippen LogP contribution in [0.1, 0.15) is 30.1 Å². The highest BCUT2D eigenvalue weighted by atomic mass is 16.4. The SMILES string of the molecule is CC(=O)Nc1ccc(C(=O)NCCCC(=O)O)cc1. The van der Waals surface area contributed by atoms with Crippen molar-refractivity contribution in [2.45, 2.75) is 19.8 Å². The van der Waals surface area contributed by atoms with Gasteiger partial charge in [-0.15, -0.1) is 0 Å². The average Bonchev–Trinajstić information content (AvgIpc) is 2.34. The van der Waals surface area contributed by atoms with E-state index in [1.165, 1.54) is 6.92 Å². The lowest BCUT2D eigenvalue weighted by molar-refractivity contribution is -0.137. The van der Waals surface area contributed by atoms with Crippen molar-refractivity contribution >= 4 is 23.5 Å². The molecule has 0 saturated carbocycles. The Kier molecular flexibility index (Phi) is 5.53. The number of carboxylic acid groups (broad SMARTS) is 1. The van der Waals surface area contributed by atoms with E-state index in [1.807, 2.05) is 0 Å². The highest BCUT2D eigenvalue weighted by molar-refractivity contribution is 5.95. The number of nitrogens with one attached hydrogen (secondary N) is 2. The Morgan fingerprint density at radius 1 is 1.16 bits per heavy atom. The monoisotopic (exact) mass is 264 g/mol. The van der Waals surface area contributed by atoms with E-state index in [1.54, 1.807) is 24.3 Å². The van der Waals surface area contributed by atoms with Crippen molar-refractivity contribution < 1.29 is 19.5 Å². The van der Waals surface area contributed by atoms with Gasteiger partial charge in [0.15, 0.2) is 0 Å². The van der Waals surface area contributed by atoms with Crippen LogP contribution in [0, 0.1) is 0 Å². The van der Waals surface area contributed by atoms with Gasteiger partial charge in [0, 0.05) is 31.1 Å². The third-order valence-electron chi connectivity index (χ3n) is 2.32. The number of carboxylic acids is 1. The van der Waals surface area contributed by atoms with Gasteiger partial charge in [0.2, 0.25) is 5.91 Å². The summed E-state index contributed by atoms with van der Waals surface area (Å²) in [6.07, 6.45) is 0.423. The molecule has 1 aromatic rings. The third-order valence-corrected chi connectivity index (χ3v) is 2.32. The van der Waals surface area contributed by atoms with Gasteiger partial charge in [-0.2, -0.15) is 0 Å². The van der Waals surface area contributed by atoms with Crippen LogP contribution in [-0.2, 0) is 9.59 Å². The quantitative estimate of drug-likeness (QED) is 0.673. The van der Waals surface area contributed by atoms with Crippen LogP contribution >= 0.6 is 0 Å². The minimum atomic E-state index is -0.881. The van der Waals surface area contributed by atoms with Crippen LogP contribution in [0.25, 0.3) is 0 Å². The predicted molar refractivity (Wildman–Crippen MR) is 69.9 cm³/mol. The molecule has 1 aromatic carbocycles. The molecule has 6 heteroatoms. The number of amides is 2. The molecular formula is C13H16N2O4. The van der Waals surface area contributed by atoms with Gasteiger partial charge in [-0.3, -0.25) is 14.4 Å². The second-order valence-electron chi connectivity index (χ2n) is 4.01. The Bertz CT molecular complexity index is 468. The number of rotatable bonds is 6. The predicted octanol–water partition coefficient (Wildman–Crippen LogP) is 1.24.